The van der Waals surface area contributed by atoms with Gasteiger partial charge < -0.3 is 14.6 Å². The van der Waals surface area contributed by atoms with Gasteiger partial charge >= 0.3 is 5.97 Å². The van der Waals surface area contributed by atoms with E-state index >= 15 is 0 Å². The summed E-state index contributed by atoms with van der Waals surface area (Å²) in [5, 5.41) is 8.58. The van der Waals surface area contributed by atoms with Gasteiger partial charge in [-0.05, 0) is 30.7 Å². The van der Waals surface area contributed by atoms with Gasteiger partial charge in [0.2, 0.25) is 0 Å². The van der Waals surface area contributed by atoms with Crippen LogP contribution in [-0.4, -0.2) is 24.8 Å². The Labute approximate surface area is 108 Å². The fourth-order valence-electron chi connectivity index (χ4n) is 1.27. The Hall–Kier alpha value is -1.49. The van der Waals surface area contributed by atoms with Crippen LogP contribution in [0, 0.1) is 0 Å². The van der Waals surface area contributed by atoms with Gasteiger partial charge in [-0.15, -0.1) is 0 Å². The van der Waals surface area contributed by atoms with E-state index in [0.717, 1.165) is 16.1 Å². The van der Waals surface area contributed by atoms with E-state index in [4.69, 9.17) is 14.6 Å². The second kappa shape index (κ2) is 6.30. The molecule has 1 aromatic rings. The van der Waals surface area contributed by atoms with Crippen LogP contribution in [0.1, 0.15) is 12.5 Å². The molecule has 0 bridgehead atoms. The number of halogens is 1. The number of carboxylic acids is 1. The van der Waals surface area contributed by atoms with E-state index in [1.807, 2.05) is 6.92 Å². The van der Waals surface area contributed by atoms with Gasteiger partial charge in [0.15, 0.2) is 11.5 Å². The minimum Gasteiger partial charge on any atom is -0.493 e. The predicted molar refractivity (Wildman–Crippen MR) is 68.5 cm³/mol. The van der Waals surface area contributed by atoms with Gasteiger partial charge in [0.1, 0.15) is 0 Å². The van der Waals surface area contributed by atoms with E-state index in [1.54, 1.807) is 19.2 Å². The van der Waals surface area contributed by atoms with Crippen molar-refractivity contribution < 1.29 is 19.4 Å². The third kappa shape index (κ3) is 3.78. The first kappa shape index (κ1) is 13.6. The van der Waals surface area contributed by atoms with E-state index in [-0.39, 0.29) is 0 Å². The Balaban J connectivity index is 3.14. The monoisotopic (exact) mass is 300 g/mol. The summed E-state index contributed by atoms with van der Waals surface area (Å²) in [5.41, 5.74) is 0.719. The Bertz CT molecular complexity index is 440. The zero-order chi connectivity index (χ0) is 12.8. The van der Waals surface area contributed by atoms with Crippen LogP contribution in [0.4, 0.5) is 0 Å². The summed E-state index contributed by atoms with van der Waals surface area (Å²) in [6.07, 6.45) is 2.57. The lowest BCUT2D eigenvalue weighted by Crippen LogP contribution is -1.96. The van der Waals surface area contributed by atoms with Gasteiger partial charge in [-0.2, -0.15) is 0 Å². The molecule has 0 atom stereocenters. The van der Waals surface area contributed by atoms with Crippen LogP contribution >= 0.6 is 15.9 Å². The van der Waals surface area contributed by atoms with Crippen LogP contribution < -0.4 is 9.47 Å². The highest BCUT2D eigenvalue weighted by molar-refractivity contribution is 9.10. The van der Waals surface area contributed by atoms with Crippen molar-refractivity contribution in [2.75, 3.05) is 13.7 Å². The van der Waals surface area contributed by atoms with E-state index in [9.17, 15) is 4.79 Å². The lowest BCUT2D eigenvalue weighted by Gasteiger charge is -2.11. The number of rotatable bonds is 5. The lowest BCUT2D eigenvalue weighted by molar-refractivity contribution is -0.131. The van der Waals surface area contributed by atoms with Crippen molar-refractivity contribution in [3.8, 4) is 11.5 Å². The number of hydrogen-bond donors (Lipinski definition) is 1. The minimum atomic E-state index is -0.995. The van der Waals surface area contributed by atoms with Crippen LogP contribution in [0.2, 0.25) is 0 Å². The number of methoxy groups -OCH3 is 1. The number of carboxylic acid groups (broad SMARTS) is 1. The number of carbonyl (C=O) groups is 1. The van der Waals surface area contributed by atoms with Crippen molar-refractivity contribution in [3.05, 3.63) is 28.2 Å². The first-order chi connectivity index (χ1) is 8.08. The molecule has 17 heavy (non-hydrogen) atoms. The Kier molecular flexibility index (Phi) is 5.03. The summed E-state index contributed by atoms with van der Waals surface area (Å²) in [6, 6.07) is 3.47. The number of ether oxygens (including phenoxy) is 2. The minimum absolute atomic E-state index is 0.514. The maximum Gasteiger partial charge on any atom is 0.328 e. The summed E-state index contributed by atoms with van der Waals surface area (Å²) in [4.78, 5) is 10.5. The van der Waals surface area contributed by atoms with Gasteiger partial charge in [-0.1, -0.05) is 15.9 Å². The van der Waals surface area contributed by atoms with Crippen molar-refractivity contribution in [2.45, 2.75) is 6.92 Å². The largest absolute Gasteiger partial charge is 0.493 e. The zero-order valence-electron chi connectivity index (χ0n) is 9.57. The van der Waals surface area contributed by atoms with E-state index in [1.165, 1.54) is 6.08 Å². The van der Waals surface area contributed by atoms with Crippen LogP contribution in [0.3, 0.4) is 0 Å². The van der Waals surface area contributed by atoms with Crippen molar-refractivity contribution in [2.24, 2.45) is 0 Å². The number of aliphatic carboxylic acids is 1. The molecule has 0 fully saturated rings. The molecular weight excluding hydrogens is 288 g/mol. The Morgan fingerprint density at radius 3 is 2.71 bits per heavy atom. The molecule has 0 saturated heterocycles. The molecule has 0 aromatic heterocycles. The molecule has 1 N–H and O–H groups in total. The first-order valence-electron chi connectivity index (χ1n) is 4.99. The van der Waals surface area contributed by atoms with Crippen molar-refractivity contribution in [1.29, 1.82) is 0 Å². The van der Waals surface area contributed by atoms with Crippen LogP contribution in [-0.2, 0) is 4.79 Å². The van der Waals surface area contributed by atoms with E-state index in [0.29, 0.717) is 18.1 Å². The highest BCUT2D eigenvalue weighted by Crippen LogP contribution is 2.34. The average Bonchev–Trinajstić information content (AvgIpc) is 2.29. The van der Waals surface area contributed by atoms with Gasteiger partial charge in [0, 0.05) is 10.5 Å². The SMILES string of the molecule is CCOc1cc(/C=C/C(=O)O)c(Br)cc1OC. The topological polar surface area (TPSA) is 55.8 Å². The van der Waals surface area contributed by atoms with Crippen molar-refractivity contribution >= 4 is 28.0 Å². The summed E-state index contributed by atoms with van der Waals surface area (Å²) in [5.74, 6) is 0.195. The molecule has 0 saturated carbocycles. The molecule has 0 unspecified atom stereocenters. The fraction of sp³-hybridized carbons (Fsp3) is 0.250. The van der Waals surface area contributed by atoms with Crippen molar-refractivity contribution in [3.63, 3.8) is 0 Å². The van der Waals surface area contributed by atoms with Gasteiger partial charge in [0.25, 0.3) is 0 Å². The van der Waals surface area contributed by atoms with E-state index in [2.05, 4.69) is 15.9 Å². The smallest absolute Gasteiger partial charge is 0.328 e. The quantitative estimate of drug-likeness (QED) is 0.850. The van der Waals surface area contributed by atoms with Gasteiger partial charge in [-0.3, -0.25) is 0 Å². The second-order valence-corrected chi connectivity index (χ2v) is 3.98. The maximum absolute atomic E-state index is 10.5. The van der Waals surface area contributed by atoms with Crippen LogP contribution in [0.5, 0.6) is 11.5 Å². The molecule has 92 valence electrons. The molecule has 1 rings (SSSR count). The molecule has 0 radical (unpaired) electrons. The molecule has 0 heterocycles. The average molecular weight is 301 g/mol. The molecular formula is C12H13BrO4. The molecule has 4 nitrogen and oxygen atoms in total. The van der Waals surface area contributed by atoms with E-state index < -0.39 is 5.97 Å². The normalized spacial score (nSPS) is 10.5. The second-order valence-electron chi connectivity index (χ2n) is 3.13. The summed E-state index contributed by atoms with van der Waals surface area (Å²) < 4.78 is 11.3. The fourth-order valence-corrected chi connectivity index (χ4v) is 1.72. The molecule has 1 aromatic carbocycles. The molecule has 0 aliphatic heterocycles. The highest BCUT2D eigenvalue weighted by atomic mass is 79.9. The molecule has 0 spiro atoms. The summed E-state index contributed by atoms with van der Waals surface area (Å²) in [7, 11) is 1.55. The Morgan fingerprint density at radius 2 is 2.18 bits per heavy atom. The molecule has 0 aliphatic rings. The maximum atomic E-state index is 10.5. The summed E-state index contributed by atoms with van der Waals surface area (Å²) >= 11 is 3.34. The van der Waals surface area contributed by atoms with Gasteiger partial charge in [0.05, 0.1) is 13.7 Å². The first-order valence-corrected chi connectivity index (χ1v) is 5.79. The third-order valence-electron chi connectivity index (χ3n) is 1.99. The number of hydrogen-bond acceptors (Lipinski definition) is 3. The zero-order valence-corrected chi connectivity index (χ0v) is 11.2. The molecule has 0 aliphatic carbocycles. The molecule has 0 amide bonds. The predicted octanol–water partition coefficient (Wildman–Crippen LogP) is 2.95. The van der Waals surface area contributed by atoms with Gasteiger partial charge in [-0.25, -0.2) is 4.79 Å². The summed E-state index contributed by atoms with van der Waals surface area (Å²) in [6.45, 7) is 2.38. The Morgan fingerprint density at radius 1 is 1.47 bits per heavy atom. The van der Waals surface area contributed by atoms with Crippen molar-refractivity contribution in [1.82, 2.24) is 0 Å². The van der Waals surface area contributed by atoms with Crippen LogP contribution in [0.25, 0.3) is 6.08 Å². The number of benzene rings is 1. The molecule has 5 heteroatoms. The lowest BCUT2D eigenvalue weighted by atomic mass is 10.2. The van der Waals surface area contributed by atoms with Crippen LogP contribution in [0.15, 0.2) is 22.7 Å². The third-order valence-corrected chi connectivity index (χ3v) is 2.68. The standard InChI is InChI=1S/C12H13BrO4/c1-3-17-11-6-8(4-5-12(14)15)9(13)7-10(11)16-2/h4-7H,3H2,1-2H3,(H,14,15)/b5-4+. The highest BCUT2D eigenvalue weighted by Gasteiger charge is 2.08.